The van der Waals surface area contributed by atoms with Gasteiger partial charge in [0.15, 0.2) is 12.6 Å². The van der Waals surface area contributed by atoms with Crippen molar-refractivity contribution in [1.82, 2.24) is 0 Å². The minimum absolute atomic E-state index is 0.0352. The maximum Gasteiger partial charge on any atom is 0.331 e. The van der Waals surface area contributed by atoms with Crippen LogP contribution in [0.5, 0.6) is 0 Å². The summed E-state index contributed by atoms with van der Waals surface area (Å²) in [4.78, 5) is 25.1. The molecule has 0 aromatic heterocycles. The molecule has 3 aliphatic heterocycles. The summed E-state index contributed by atoms with van der Waals surface area (Å²) in [5, 5.41) is 65.3. The first-order valence-electron chi connectivity index (χ1n) is 18.3. The molecule has 6 N–H and O–H groups in total. The van der Waals surface area contributed by atoms with Gasteiger partial charge >= 0.3 is 5.97 Å². The van der Waals surface area contributed by atoms with Gasteiger partial charge in [-0.25, -0.2) is 4.79 Å². The Morgan fingerprint density at radius 2 is 1.72 bits per heavy atom. The number of esters is 1. The van der Waals surface area contributed by atoms with Crippen LogP contribution in [0.3, 0.4) is 0 Å². The van der Waals surface area contributed by atoms with Crippen molar-refractivity contribution in [2.24, 2.45) is 28.6 Å². The molecule has 50 heavy (non-hydrogen) atoms. The number of ether oxygens (including phenoxy) is 6. The van der Waals surface area contributed by atoms with Crippen LogP contribution in [0, 0.1) is 28.6 Å². The third kappa shape index (κ3) is 5.55. The Balaban J connectivity index is 1.01. The van der Waals surface area contributed by atoms with E-state index in [1.165, 1.54) is 7.11 Å². The summed E-state index contributed by atoms with van der Waals surface area (Å²) in [5.41, 5.74) is -2.86. The molecule has 4 saturated carbocycles. The number of carbonyl (C=O) groups excluding carboxylic acids is 2. The molecule has 282 valence electrons. The Kier molecular flexibility index (Phi) is 9.84. The summed E-state index contributed by atoms with van der Waals surface area (Å²) < 4.78 is 35.2. The number of hydrogen-bond acceptors (Lipinski definition) is 14. The standard InChI is InChI=1S/C36H54O14/c1-18-31(50-32-30(42)29(41)28(40)25(15-37)49-32)24(45-3)13-27(47-18)48-20-4-9-34(17-38)22-5-8-33(2)21(19-12-26(39)46-16-19)7-11-36(33,44)23(22)6-10-35(34,43)14-20/h12,17-18,20-25,27-32,37,40-44H,4-11,13-16H2,1-3H3/t18-,20-,21-,22+,23-,24+,25-,27-,28-,29+,30-,31-,32-,33-,34-,35+,36-/m0/s1. The Morgan fingerprint density at radius 1 is 0.960 bits per heavy atom. The first-order valence-corrected chi connectivity index (χ1v) is 18.3. The van der Waals surface area contributed by atoms with Crippen molar-refractivity contribution in [3.05, 3.63) is 11.6 Å². The molecule has 0 amide bonds. The average Bonchev–Trinajstić information content (AvgIpc) is 3.64. The van der Waals surface area contributed by atoms with E-state index in [-0.39, 0.29) is 43.2 Å². The third-order valence-corrected chi connectivity index (χ3v) is 14.2. The van der Waals surface area contributed by atoms with Crippen molar-refractivity contribution < 1.29 is 68.6 Å². The van der Waals surface area contributed by atoms with Crippen LogP contribution < -0.4 is 0 Å². The van der Waals surface area contributed by atoms with E-state index in [9.17, 15) is 40.2 Å². The van der Waals surface area contributed by atoms with Gasteiger partial charge in [-0.2, -0.15) is 0 Å². The Morgan fingerprint density at radius 3 is 2.40 bits per heavy atom. The van der Waals surface area contributed by atoms with Crippen molar-refractivity contribution in [3.8, 4) is 0 Å². The lowest BCUT2D eigenvalue weighted by Crippen LogP contribution is -2.69. The molecule has 0 radical (unpaired) electrons. The van der Waals surface area contributed by atoms with Crippen LogP contribution in [0.2, 0.25) is 0 Å². The summed E-state index contributed by atoms with van der Waals surface area (Å²) in [5.74, 6) is -0.635. The van der Waals surface area contributed by atoms with Gasteiger partial charge in [0.2, 0.25) is 0 Å². The molecule has 3 heterocycles. The minimum atomic E-state index is -1.58. The van der Waals surface area contributed by atoms with Crippen molar-refractivity contribution in [1.29, 1.82) is 0 Å². The number of aldehydes is 1. The van der Waals surface area contributed by atoms with Gasteiger partial charge in [-0.05, 0) is 81.6 Å². The monoisotopic (exact) mass is 710 g/mol. The van der Waals surface area contributed by atoms with Crippen molar-refractivity contribution >= 4 is 12.3 Å². The number of fused-ring (bicyclic) bond motifs is 5. The van der Waals surface area contributed by atoms with Gasteiger partial charge in [-0.3, -0.25) is 0 Å². The zero-order chi connectivity index (χ0) is 35.8. The molecule has 2 saturated heterocycles. The zero-order valence-corrected chi connectivity index (χ0v) is 29.1. The quantitative estimate of drug-likeness (QED) is 0.113. The normalized spacial score (nSPS) is 53.5. The molecular formula is C36H54O14. The molecule has 0 spiro atoms. The molecular weight excluding hydrogens is 656 g/mol. The second-order valence-corrected chi connectivity index (χ2v) is 16.3. The highest BCUT2D eigenvalue weighted by molar-refractivity contribution is 5.85. The predicted octanol–water partition coefficient (Wildman–Crippen LogP) is 0.258. The Bertz CT molecular complexity index is 1330. The van der Waals surface area contributed by atoms with E-state index in [0.717, 1.165) is 18.3 Å². The number of carbonyl (C=O) groups is 2. The lowest BCUT2D eigenvalue weighted by molar-refractivity contribution is -0.346. The van der Waals surface area contributed by atoms with E-state index in [1.807, 2.05) is 0 Å². The molecule has 0 unspecified atom stereocenters. The first-order chi connectivity index (χ1) is 23.7. The average molecular weight is 711 g/mol. The fourth-order valence-corrected chi connectivity index (χ4v) is 11.5. The van der Waals surface area contributed by atoms with Gasteiger partial charge < -0.3 is 63.9 Å². The fraction of sp³-hybridized carbons (Fsp3) is 0.889. The van der Waals surface area contributed by atoms with Crippen molar-refractivity contribution in [3.63, 3.8) is 0 Å². The number of hydrogen-bond donors (Lipinski definition) is 6. The van der Waals surface area contributed by atoms with E-state index in [1.54, 1.807) is 13.0 Å². The number of rotatable bonds is 8. The first kappa shape index (κ1) is 36.8. The van der Waals surface area contributed by atoms with Gasteiger partial charge in [0.1, 0.15) is 43.4 Å². The number of methoxy groups -OCH3 is 1. The predicted molar refractivity (Wildman–Crippen MR) is 171 cm³/mol. The summed E-state index contributed by atoms with van der Waals surface area (Å²) in [6, 6.07) is 0. The van der Waals surface area contributed by atoms with Crippen LogP contribution in [0.25, 0.3) is 0 Å². The zero-order valence-electron chi connectivity index (χ0n) is 29.1. The summed E-state index contributed by atoms with van der Waals surface area (Å²) in [7, 11) is 1.51. The number of aliphatic hydroxyl groups excluding tert-OH is 4. The third-order valence-electron chi connectivity index (χ3n) is 14.2. The summed E-state index contributed by atoms with van der Waals surface area (Å²) in [6.07, 6.45) is -2.52. The molecule has 17 atom stereocenters. The molecule has 7 aliphatic rings. The van der Waals surface area contributed by atoms with Crippen LogP contribution in [0.1, 0.15) is 78.1 Å². The van der Waals surface area contributed by atoms with E-state index in [0.29, 0.717) is 44.9 Å². The highest BCUT2D eigenvalue weighted by Crippen LogP contribution is 2.70. The van der Waals surface area contributed by atoms with Gasteiger partial charge in [0.25, 0.3) is 0 Å². The molecule has 0 bridgehead atoms. The van der Waals surface area contributed by atoms with E-state index in [4.69, 9.17) is 28.4 Å². The van der Waals surface area contributed by atoms with E-state index >= 15 is 0 Å². The number of aliphatic hydroxyl groups is 6. The van der Waals surface area contributed by atoms with E-state index < -0.39 is 90.1 Å². The van der Waals surface area contributed by atoms with Gasteiger partial charge in [-0.15, -0.1) is 0 Å². The van der Waals surface area contributed by atoms with Crippen LogP contribution in [0.15, 0.2) is 11.6 Å². The summed E-state index contributed by atoms with van der Waals surface area (Å²) in [6.45, 7) is 3.57. The highest BCUT2D eigenvalue weighted by atomic mass is 16.7. The summed E-state index contributed by atoms with van der Waals surface area (Å²) >= 11 is 0. The second-order valence-electron chi connectivity index (χ2n) is 16.3. The van der Waals surface area contributed by atoms with Gasteiger partial charge in [-0.1, -0.05) is 6.92 Å². The fourth-order valence-electron chi connectivity index (χ4n) is 11.5. The smallest absolute Gasteiger partial charge is 0.331 e. The number of cyclic esters (lactones) is 1. The lowest BCUT2D eigenvalue weighted by atomic mass is 9.41. The minimum Gasteiger partial charge on any atom is -0.458 e. The molecule has 0 aromatic rings. The van der Waals surface area contributed by atoms with E-state index in [2.05, 4.69) is 6.92 Å². The molecule has 14 heteroatoms. The maximum absolute atomic E-state index is 13.2. The molecule has 6 fully saturated rings. The van der Waals surface area contributed by atoms with Crippen molar-refractivity contribution in [2.45, 2.75) is 151 Å². The van der Waals surface area contributed by atoms with Crippen molar-refractivity contribution in [2.75, 3.05) is 20.3 Å². The Labute approximate surface area is 292 Å². The van der Waals surface area contributed by atoms with Gasteiger partial charge in [0, 0.05) is 31.4 Å². The maximum atomic E-state index is 13.2. The lowest BCUT2D eigenvalue weighted by Gasteiger charge is -2.65. The molecule has 14 nitrogen and oxygen atoms in total. The molecule has 0 aromatic carbocycles. The topological polar surface area (TPSA) is 211 Å². The van der Waals surface area contributed by atoms with Gasteiger partial charge in [0.05, 0.1) is 41.5 Å². The van der Waals surface area contributed by atoms with Crippen LogP contribution in [-0.4, -0.2) is 136 Å². The van der Waals surface area contributed by atoms with Crippen LogP contribution in [0.4, 0.5) is 0 Å². The SMILES string of the molecule is CO[C@@H]1C[C@H](O[C@H]2CC[C@]3(C=O)[C@@H]4CC[C@@]5(C)[C@H](C6=CC(=O)OC6)CC[C@]5(O)[C@H]4CC[C@@]3(O)C2)O[C@@H](C)[C@@H]1O[C@@H]1O[C@@H](CO)[C@H](O)[C@@H](O)[C@@H]1O. The molecule has 4 aliphatic carbocycles. The highest BCUT2D eigenvalue weighted by Gasteiger charge is 2.71. The Hall–Kier alpha value is -1.56. The molecule has 7 rings (SSSR count). The largest absolute Gasteiger partial charge is 0.458 e. The second kappa shape index (κ2) is 13.4. The van der Waals surface area contributed by atoms with Crippen LogP contribution >= 0.6 is 0 Å². The van der Waals surface area contributed by atoms with Crippen LogP contribution in [-0.2, 0) is 38.0 Å².